The van der Waals surface area contributed by atoms with Gasteiger partial charge in [-0.05, 0) is 36.1 Å². The van der Waals surface area contributed by atoms with E-state index in [4.69, 9.17) is 4.52 Å². The lowest BCUT2D eigenvalue weighted by Crippen LogP contribution is -2.28. The second kappa shape index (κ2) is 10.0. The zero-order valence-electron chi connectivity index (χ0n) is 17.4. The molecular formula is C24H22N4O3S. The van der Waals surface area contributed by atoms with Gasteiger partial charge in [-0.15, -0.1) is 11.3 Å². The number of para-hydroxylation sites is 1. The number of hydrogen-bond acceptors (Lipinski definition) is 6. The maximum atomic E-state index is 12.8. The summed E-state index contributed by atoms with van der Waals surface area (Å²) < 4.78 is 5.24. The van der Waals surface area contributed by atoms with Gasteiger partial charge >= 0.3 is 0 Å². The van der Waals surface area contributed by atoms with Crippen molar-refractivity contribution in [2.45, 2.75) is 25.8 Å². The van der Waals surface area contributed by atoms with E-state index < -0.39 is 0 Å². The van der Waals surface area contributed by atoms with E-state index in [1.54, 1.807) is 24.3 Å². The highest BCUT2D eigenvalue weighted by Crippen LogP contribution is 2.22. The molecule has 1 atom stereocenters. The molecule has 0 spiro atoms. The van der Waals surface area contributed by atoms with Crippen LogP contribution in [0.1, 0.15) is 41.2 Å². The Hall–Kier alpha value is -3.78. The molecule has 0 radical (unpaired) electrons. The molecule has 4 rings (SSSR count). The van der Waals surface area contributed by atoms with Crippen LogP contribution in [0.2, 0.25) is 0 Å². The summed E-state index contributed by atoms with van der Waals surface area (Å²) in [5.41, 5.74) is 1.87. The number of aryl methyl sites for hydroxylation is 1. The van der Waals surface area contributed by atoms with Crippen LogP contribution in [0.5, 0.6) is 0 Å². The standard InChI is InChI=1S/C24H22N4O3S/c1-16(17-8-3-2-4-9-17)25-24(30)18-10-5-6-11-19(18)26-21(29)13-14-22-27-23(28-31-22)20-12-7-15-32-20/h2-12,15-16H,13-14H2,1H3,(H,25,30)(H,26,29). The Kier molecular flexibility index (Phi) is 6.72. The van der Waals surface area contributed by atoms with E-state index in [0.717, 1.165) is 10.4 Å². The molecule has 0 fully saturated rings. The minimum Gasteiger partial charge on any atom is -0.345 e. The van der Waals surface area contributed by atoms with E-state index in [0.29, 0.717) is 29.4 Å². The number of amides is 2. The Labute approximate surface area is 189 Å². The number of hydrogen-bond donors (Lipinski definition) is 2. The molecule has 0 saturated carbocycles. The second-order valence-electron chi connectivity index (χ2n) is 7.19. The quantitative estimate of drug-likeness (QED) is 0.403. The summed E-state index contributed by atoms with van der Waals surface area (Å²) >= 11 is 1.52. The number of thiophene rings is 1. The van der Waals surface area contributed by atoms with Crippen molar-refractivity contribution in [1.82, 2.24) is 15.5 Å². The average Bonchev–Trinajstić information content (AvgIpc) is 3.51. The predicted octanol–water partition coefficient (Wildman–Crippen LogP) is 4.86. The van der Waals surface area contributed by atoms with E-state index in [1.807, 2.05) is 54.8 Å². The van der Waals surface area contributed by atoms with Crippen molar-refractivity contribution in [3.63, 3.8) is 0 Å². The molecule has 0 aliphatic carbocycles. The SMILES string of the molecule is CC(NC(=O)c1ccccc1NC(=O)CCc1nc(-c2cccs2)no1)c1ccccc1. The molecule has 2 aromatic heterocycles. The molecule has 2 amide bonds. The number of nitrogens with zero attached hydrogens (tertiary/aromatic N) is 2. The van der Waals surface area contributed by atoms with Crippen molar-refractivity contribution >= 4 is 28.8 Å². The van der Waals surface area contributed by atoms with Gasteiger partial charge in [0.25, 0.3) is 5.91 Å². The van der Waals surface area contributed by atoms with Crippen LogP contribution in [0.25, 0.3) is 10.7 Å². The topological polar surface area (TPSA) is 97.1 Å². The van der Waals surface area contributed by atoms with Gasteiger partial charge in [0.05, 0.1) is 22.2 Å². The summed E-state index contributed by atoms with van der Waals surface area (Å²) in [6.45, 7) is 1.92. The first-order chi connectivity index (χ1) is 15.6. The number of anilines is 1. The summed E-state index contributed by atoms with van der Waals surface area (Å²) in [7, 11) is 0. The fourth-order valence-corrected chi connectivity index (χ4v) is 3.83. The number of aromatic nitrogens is 2. The van der Waals surface area contributed by atoms with E-state index in [1.165, 1.54) is 11.3 Å². The van der Waals surface area contributed by atoms with Crippen LogP contribution in [-0.4, -0.2) is 22.0 Å². The first kappa shape index (κ1) is 21.5. The average molecular weight is 447 g/mol. The van der Waals surface area contributed by atoms with E-state index >= 15 is 0 Å². The molecule has 0 aliphatic heterocycles. The van der Waals surface area contributed by atoms with E-state index in [9.17, 15) is 9.59 Å². The monoisotopic (exact) mass is 446 g/mol. The Morgan fingerprint density at radius 1 is 1.03 bits per heavy atom. The summed E-state index contributed by atoms with van der Waals surface area (Å²) in [6.07, 6.45) is 0.464. The highest BCUT2D eigenvalue weighted by Gasteiger charge is 2.17. The molecule has 4 aromatic rings. The van der Waals surface area contributed by atoms with Crippen LogP contribution in [-0.2, 0) is 11.2 Å². The van der Waals surface area contributed by atoms with Crippen LogP contribution in [0.4, 0.5) is 5.69 Å². The van der Waals surface area contributed by atoms with Crippen LogP contribution in [0, 0.1) is 0 Å². The molecule has 32 heavy (non-hydrogen) atoms. The fourth-order valence-electron chi connectivity index (χ4n) is 3.19. The molecular weight excluding hydrogens is 424 g/mol. The summed E-state index contributed by atoms with van der Waals surface area (Å²) in [4.78, 5) is 30.6. The minimum absolute atomic E-state index is 0.155. The highest BCUT2D eigenvalue weighted by molar-refractivity contribution is 7.13. The number of benzene rings is 2. The Bertz CT molecular complexity index is 1190. The predicted molar refractivity (Wildman–Crippen MR) is 123 cm³/mol. The molecule has 2 heterocycles. The maximum absolute atomic E-state index is 12.8. The normalized spacial score (nSPS) is 11.7. The molecule has 0 aliphatic rings. The Morgan fingerprint density at radius 2 is 1.81 bits per heavy atom. The first-order valence-corrected chi connectivity index (χ1v) is 11.1. The van der Waals surface area contributed by atoms with Crippen molar-refractivity contribution in [2.24, 2.45) is 0 Å². The van der Waals surface area contributed by atoms with Gasteiger partial charge < -0.3 is 15.2 Å². The zero-order valence-corrected chi connectivity index (χ0v) is 18.3. The first-order valence-electron chi connectivity index (χ1n) is 10.2. The molecule has 1 unspecified atom stereocenters. The van der Waals surface area contributed by atoms with Crippen molar-refractivity contribution in [3.8, 4) is 10.7 Å². The molecule has 0 saturated heterocycles. The molecule has 0 bridgehead atoms. The lowest BCUT2D eigenvalue weighted by Gasteiger charge is -2.16. The van der Waals surface area contributed by atoms with Gasteiger partial charge in [0.2, 0.25) is 17.6 Å². The third-order valence-corrected chi connectivity index (χ3v) is 5.73. The van der Waals surface area contributed by atoms with Crippen LogP contribution < -0.4 is 10.6 Å². The largest absolute Gasteiger partial charge is 0.345 e. The van der Waals surface area contributed by atoms with Crippen LogP contribution in [0.15, 0.2) is 76.6 Å². The number of carbonyl (C=O) groups excluding carboxylic acids is 2. The van der Waals surface area contributed by atoms with Crippen molar-refractivity contribution < 1.29 is 14.1 Å². The van der Waals surface area contributed by atoms with Gasteiger partial charge in [-0.3, -0.25) is 9.59 Å². The molecule has 2 N–H and O–H groups in total. The van der Waals surface area contributed by atoms with Gasteiger partial charge in [0, 0.05) is 12.8 Å². The van der Waals surface area contributed by atoms with Crippen molar-refractivity contribution in [3.05, 3.63) is 89.1 Å². The van der Waals surface area contributed by atoms with Gasteiger partial charge in [-0.1, -0.05) is 53.7 Å². The third kappa shape index (κ3) is 5.28. The zero-order chi connectivity index (χ0) is 22.3. The van der Waals surface area contributed by atoms with Crippen molar-refractivity contribution in [1.29, 1.82) is 0 Å². The molecule has 7 nitrogen and oxygen atoms in total. The second-order valence-corrected chi connectivity index (χ2v) is 8.14. The van der Waals surface area contributed by atoms with Gasteiger partial charge in [-0.2, -0.15) is 4.98 Å². The lowest BCUT2D eigenvalue weighted by molar-refractivity contribution is -0.116. The summed E-state index contributed by atoms with van der Waals surface area (Å²) in [5.74, 6) is 0.420. The van der Waals surface area contributed by atoms with E-state index in [2.05, 4.69) is 20.8 Å². The van der Waals surface area contributed by atoms with Crippen molar-refractivity contribution in [2.75, 3.05) is 5.32 Å². The maximum Gasteiger partial charge on any atom is 0.253 e. The smallest absolute Gasteiger partial charge is 0.253 e. The summed E-state index contributed by atoms with van der Waals surface area (Å²) in [5, 5.41) is 11.7. The summed E-state index contributed by atoms with van der Waals surface area (Å²) in [6, 6.07) is 20.3. The molecule has 2 aromatic carbocycles. The van der Waals surface area contributed by atoms with Gasteiger partial charge in [0.1, 0.15) is 0 Å². The third-order valence-electron chi connectivity index (χ3n) is 4.87. The number of nitrogens with one attached hydrogen (secondary N) is 2. The lowest BCUT2D eigenvalue weighted by atomic mass is 10.1. The Morgan fingerprint density at radius 3 is 2.59 bits per heavy atom. The Balaban J connectivity index is 1.36. The number of carbonyl (C=O) groups is 2. The molecule has 162 valence electrons. The van der Waals surface area contributed by atoms with Crippen LogP contribution >= 0.6 is 11.3 Å². The van der Waals surface area contributed by atoms with Crippen LogP contribution in [0.3, 0.4) is 0 Å². The van der Waals surface area contributed by atoms with Gasteiger partial charge in [0.15, 0.2) is 0 Å². The van der Waals surface area contributed by atoms with E-state index in [-0.39, 0.29) is 24.3 Å². The molecule has 8 heteroatoms. The number of rotatable bonds is 8. The fraction of sp³-hybridized carbons (Fsp3) is 0.167. The minimum atomic E-state index is -0.255. The highest BCUT2D eigenvalue weighted by atomic mass is 32.1. The van der Waals surface area contributed by atoms with Gasteiger partial charge in [-0.25, -0.2) is 0 Å².